The minimum atomic E-state index is 0.740. The molecule has 0 aromatic rings. The van der Waals surface area contributed by atoms with E-state index in [0.29, 0.717) is 0 Å². The lowest BCUT2D eigenvalue weighted by atomic mass is 9.95. The number of likely N-dealkylation sites (N-methyl/N-ethyl adjacent to an activating group) is 1. The van der Waals surface area contributed by atoms with Gasteiger partial charge < -0.3 is 4.90 Å². The maximum absolute atomic E-state index is 10.8. The van der Waals surface area contributed by atoms with E-state index in [2.05, 4.69) is 12.2 Å². The number of carbonyl (C=O) groups excluding carboxylic acids is 1. The van der Waals surface area contributed by atoms with E-state index in [1.165, 1.54) is 0 Å². The fraction of sp³-hybridized carbons (Fsp3) is 0.182. The van der Waals surface area contributed by atoms with Crippen molar-refractivity contribution < 1.29 is 4.79 Å². The quantitative estimate of drug-likeness (QED) is 0.563. The smallest absolute Gasteiger partial charge is 0.167 e. The highest BCUT2D eigenvalue weighted by Crippen LogP contribution is 2.27. The minimum absolute atomic E-state index is 0.740. The second-order valence-corrected chi connectivity index (χ2v) is 3.14. The van der Waals surface area contributed by atoms with Crippen LogP contribution in [-0.4, -0.2) is 18.2 Å². The van der Waals surface area contributed by atoms with E-state index in [-0.39, 0.29) is 0 Å². The Morgan fingerprint density at radius 1 is 1.46 bits per heavy atom. The van der Waals surface area contributed by atoms with E-state index in [0.717, 1.165) is 29.6 Å². The molecule has 1 aliphatic carbocycles. The van der Waals surface area contributed by atoms with Crippen LogP contribution in [0.4, 0.5) is 0 Å². The zero-order valence-corrected chi connectivity index (χ0v) is 7.53. The summed E-state index contributed by atoms with van der Waals surface area (Å²) in [6.07, 6.45) is 12.0. The lowest BCUT2D eigenvalue weighted by molar-refractivity contribution is -0.105. The summed E-state index contributed by atoms with van der Waals surface area (Å²) in [6, 6.07) is 0. The summed E-state index contributed by atoms with van der Waals surface area (Å²) in [5.41, 5.74) is 2.93. The zero-order valence-electron chi connectivity index (χ0n) is 7.53. The van der Waals surface area contributed by atoms with Gasteiger partial charge in [-0.3, -0.25) is 4.79 Å². The molecule has 2 rings (SSSR count). The summed E-state index contributed by atoms with van der Waals surface area (Å²) in [6.45, 7) is 0. The molecule has 1 heterocycles. The first-order chi connectivity index (χ1) is 6.33. The topological polar surface area (TPSA) is 20.3 Å². The van der Waals surface area contributed by atoms with E-state index < -0.39 is 0 Å². The molecule has 0 atom stereocenters. The number of carbonyl (C=O) groups is 1. The molecule has 0 spiro atoms. The highest BCUT2D eigenvalue weighted by Gasteiger charge is 2.15. The Bertz CT molecular complexity index is 358. The molecule has 0 bridgehead atoms. The maximum atomic E-state index is 10.8. The van der Waals surface area contributed by atoms with Crippen LogP contribution in [0.5, 0.6) is 0 Å². The second-order valence-electron chi connectivity index (χ2n) is 3.14. The van der Waals surface area contributed by atoms with Crippen molar-refractivity contribution in [1.82, 2.24) is 4.90 Å². The monoisotopic (exact) mass is 173 g/mol. The predicted octanol–water partition coefficient (Wildman–Crippen LogP) is 1.78. The normalized spacial score (nSPS) is 20.1. The Hall–Kier alpha value is -1.57. The van der Waals surface area contributed by atoms with Gasteiger partial charge in [0.2, 0.25) is 0 Å². The number of aldehydes is 1. The van der Waals surface area contributed by atoms with Gasteiger partial charge in [-0.05, 0) is 18.1 Å². The van der Waals surface area contributed by atoms with Gasteiger partial charge in [0.25, 0.3) is 0 Å². The highest BCUT2D eigenvalue weighted by atomic mass is 16.1. The van der Waals surface area contributed by atoms with Crippen molar-refractivity contribution in [3.63, 3.8) is 0 Å². The molecule has 2 heteroatoms. The van der Waals surface area contributed by atoms with Crippen molar-refractivity contribution in [2.45, 2.75) is 6.42 Å². The Morgan fingerprint density at radius 2 is 2.31 bits per heavy atom. The summed E-state index contributed by atoms with van der Waals surface area (Å²) in [4.78, 5) is 12.7. The third kappa shape index (κ3) is 1.24. The Balaban J connectivity index is 2.52. The van der Waals surface area contributed by atoms with Crippen LogP contribution in [0.1, 0.15) is 6.42 Å². The van der Waals surface area contributed by atoms with Crippen molar-refractivity contribution in [2.75, 3.05) is 7.05 Å². The molecule has 1 aliphatic heterocycles. The molecule has 0 aromatic heterocycles. The van der Waals surface area contributed by atoms with Crippen LogP contribution in [-0.2, 0) is 4.79 Å². The van der Waals surface area contributed by atoms with Crippen LogP contribution in [0.2, 0.25) is 0 Å². The number of rotatable bonds is 1. The van der Waals surface area contributed by atoms with Gasteiger partial charge in [0.1, 0.15) is 0 Å². The van der Waals surface area contributed by atoms with Gasteiger partial charge in [-0.15, -0.1) is 0 Å². The van der Waals surface area contributed by atoms with Crippen LogP contribution >= 0.6 is 0 Å². The van der Waals surface area contributed by atoms with Gasteiger partial charge in [-0.1, -0.05) is 18.2 Å². The third-order valence-electron chi connectivity index (χ3n) is 2.31. The molecule has 0 N–H and O–H groups in total. The maximum Gasteiger partial charge on any atom is 0.167 e. The zero-order chi connectivity index (χ0) is 9.26. The fourth-order valence-corrected chi connectivity index (χ4v) is 1.59. The van der Waals surface area contributed by atoms with E-state index in [4.69, 9.17) is 0 Å². The van der Waals surface area contributed by atoms with Gasteiger partial charge in [-0.2, -0.15) is 0 Å². The van der Waals surface area contributed by atoms with E-state index in [1.54, 1.807) is 0 Å². The molecule has 0 radical (unpaired) electrons. The molecular weight excluding hydrogens is 162 g/mol. The predicted molar refractivity (Wildman–Crippen MR) is 51.8 cm³/mol. The van der Waals surface area contributed by atoms with E-state index in [1.807, 2.05) is 30.3 Å². The first-order valence-electron chi connectivity index (χ1n) is 4.30. The first kappa shape index (κ1) is 8.05. The molecule has 0 unspecified atom stereocenters. The molecule has 0 fully saturated rings. The molecule has 13 heavy (non-hydrogen) atoms. The molecule has 2 nitrogen and oxygen atoms in total. The molecule has 0 saturated heterocycles. The number of hydrogen-bond donors (Lipinski definition) is 0. The van der Waals surface area contributed by atoms with Gasteiger partial charge >= 0.3 is 0 Å². The summed E-state index contributed by atoms with van der Waals surface area (Å²) in [5.74, 6) is 0. The number of fused-ring (bicyclic) bond motifs is 1. The first-order valence-corrected chi connectivity index (χ1v) is 4.30. The largest absolute Gasteiger partial charge is 0.348 e. The lowest BCUT2D eigenvalue weighted by Gasteiger charge is -2.23. The molecule has 0 saturated carbocycles. The van der Waals surface area contributed by atoms with Gasteiger partial charge in [0.05, 0.1) is 5.70 Å². The van der Waals surface area contributed by atoms with Crippen molar-refractivity contribution in [3.05, 3.63) is 47.3 Å². The van der Waals surface area contributed by atoms with Crippen molar-refractivity contribution in [3.8, 4) is 0 Å². The van der Waals surface area contributed by atoms with E-state index in [9.17, 15) is 4.79 Å². The van der Waals surface area contributed by atoms with Crippen molar-refractivity contribution in [1.29, 1.82) is 0 Å². The number of allylic oxidation sites excluding steroid dienone is 7. The molecule has 0 amide bonds. The molecular formula is C11H11NO. The van der Waals surface area contributed by atoms with Gasteiger partial charge in [0, 0.05) is 18.8 Å². The SMILES string of the molecule is CN1C=CC2=CCC=CC2=C1C=O. The average Bonchev–Trinajstić information content (AvgIpc) is 2.18. The summed E-state index contributed by atoms with van der Waals surface area (Å²) in [5, 5.41) is 0. The third-order valence-corrected chi connectivity index (χ3v) is 2.31. The number of hydrogen-bond acceptors (Lipinski definition) is 2. The number of nitrogens with zero attached hydrogens (tertiary/aromatic N) is 1. The van der Waals surface area contributed by atoms with Crippen molar-refractivity contribution in [2.24, 2.45) is 0 Å². The Morgan fingerprint density at radius 3 is 3.08 bits per heavy atom. The van der Waals surface area contributed by atoms with Crippen LogP contribution in [0.3, 0.4) is 0 Å². The van der Waals surface area contributed by atoms with Crippen molar-refractivity contribution >= 4 is 6.29 Å². The van der Waals surface area contributed by atoms with Crippen LogP contribution in [0.25, 0.3) is 0 Å². The van der Waals surface area contributed by atoms with Crippen LogP contribution in [0, 0.1) is 0 Å². The minimum Gasteiger partial charge on any atom is -0.348 e. The Labute approximate surface area is 77.5 Å². The standard InChI is InChI=1S/C11H11NO/c1-12-7-6-9-4-2-3-5-10(9)11(12)8-13/h3-8H,2H2,1H3. The second kappa shape index (κ2) is 3.05. The average molecular weight is 173 g/mol. The van der Waals surface area contributed by atoms with Crippen LogP contribution < -0.4 is 0 Å². The van der Waals surface area contributed by atoms with Gasteiger partial charge in [0.15, 0.2) is 6.29 Å². The highest BCUT2D eigenvalue weighted by molar-refractivity contribution is 5.79. The van der Waals surface area contributed by atoms with E-state index >= 15 is 0 Å². The fourth-order valence-electron chi connectivity index (χ4n) is 1.59. The molecule has 0 aromatic carbocycles. The van der Waals surface area contributed by atoms with Crippen LogP contribution in [0.15, 0.2) is 47.3 Å². The molecule has 66 valence electrons. The lowest BCUT2D eigenvalue weighted by Crippen LogP contribution is -2.18. The summed E-state index contributed by atoms with van der Waals surface area (Å²) >= 11 is 0. The summed E-state index contributed by atoms with van der Waals surface area (Å²) in [7, 11) is 1.88. The van der Waals surface area contributed by atoms with Gasteiger partial charge in [-0.25, -0.2) is 0 Å². The Kier molecular flexibility index (Phi) is 1.89. The molecule has 2 aliphatic rings. The summed E-state index contributed by atoms with van der Waals surface area (Å²) < 4.78 is 0.